The molecule has 1 unspecified atom stereocenters. The maximum atomic E-state index is 5.62. The fourth-order valence-electron chi connectivity index (χ4n) is 0.794. The van der Waals surface area contributed by atoms with Gasteiger partial charge in [0, 0.05) is 18.2 Å². The second-order valence-electron chi connectivity index (χ2n) is 2.33. The summed E-state index contributed by atoms with van der Waals surface area (Å²) in [4.78, 5) is 0. The van der Waals surface area contributed by atoms with E-state index < -0.39 is 0 Å². The van der Waals surface area contributed by atoms with Crippen LogP contribution in [0.3, 0.4) is 0 Å². The Morgan fingerprint density at radius 2 is 2.40 bits per heavy atom. The van der Waals surface area contributed by atoms with Crippen molar-refractivity contribution in [2.24, 2.45) is 11.5 Å². The number of nitrogens with two attached hydrogens (primary N) is 2. The molecule has 1 aromatic rings. The molecule has 0 fully saturated rings. The fourth-order valence-corrected chi connectivity index (χ4v) is 0.794. The van der Waals surface area contributed by atoms with Gasteiger partial charge in [-0.15, -0.1) is 0 Å². The van der Waals surface area contributed by atoms with Crippen LogP contribution in [0.2, 0.25) is 0 Å². The zero-order valence-corrected chi connectivity index (χ0v) is 6.00. The van der Waals surface area contributed by atoms with Gasteiger partial charge >= 0.3 is 0 Å². The maximum absolute atomic E-state index is 5.62. The van der Waals surface area contributed by atoms with Crippen LogP contribution in [0.15, 0.2) is 16.7 Å². The summed E-state index contributed by atoms with van der Waals surface area (Å²) in [5.41, 5.74) is 11.9. The van der Waals surface area contributed by atoms with E-state index in [0.29, 0.717) is 6.54 Å². The molecule has 1 aromatic heterocycles. The molecule has 10 heavy (non-hydrogen) atoms. The molecule has 0 aromatic carbocycles. The van der Waals surface area contributed by atoms with Crippen molar-refractivity contribution in [3.8, 4) is 0 Å². The predicted octanol–water partition coefficient (Wildman–Crippen LogP) is 0.547. The van der Waals surface area contributed by atoms with Gasteiger partial charge in [0.25, 0.3) is 0 Å². The van der Waals surface area contributed by atoms with Crippen molar-refractivity contribution in [1.82, 2.24) is 0 Å². The standard InChI is InChI=1S/C7H12N2O/c1-5-2-6(4-10-5)7(9)3-8/h2,4,7H,3,8-9H2,1H3. The van der Waals surface area contributed by atoms with Crippen molar-refractivity contribution >= 4 is 0 Å². The summed E-state index contributed by atoms with van der Waals surface area (Å²) in [7, 11) is 0. The van der Waals surface area contributed by atoms with Crippen molar-refractivity contribution in [1.29, 1.82) is 0 Å². The van der Waals surface area contributed by atoms with Gasteiger partial charge in [-0.2, -0.15) is 0 Å². The van der Waals surface area contributed by atoms with E-state index in [1.165, 1.54) is 0 Å². The lowest BCUT2D eigenvalue weighted by Gasteiger charge is -2.02. The topological polar surface area (TPSA) is 65.2 Å². The van der Waals surface area contributed by atoms with Crippen molar-refractivity contribution in [2.75, 3.05) is 6.54 Å². The lowest BCUT2D eigenvalue weighted by Crippen LogP contribution is -2.19. The Morgan fingerprint density at radius 3 is 2.80 bits per heavy atom. The second kappa shape index (κ2) is 2.86. The smallest absolute Gasteiger partial charge is 0.101 e. The van der Waals surface area contributed by atoms with Crippen LogP contribution in [-0.4, -0.2) is 6.54 Å². The molecule has 1 rings (SSSR count). The van der Waals surface area contributed by atoms with Crippen LogP contribution in [0.25, 0.3) is 0 Å². The van der Waals surface area contributed by atoms with E-state index in [9.17, 15) is 0 Å². The Labute approximate surface area is 60.0 Å². The zero-order valence-electron chi connectivity index (χ0n) is 6.00. The van der Waals surface area contributed by atoms with E-state index in [1.54, 1.807) is 6.26 Å². The molecule has 4 N–H and O–H groups in total. The lowest BCUT2D eigenvalue weighted by molar-refractivity contribution is 0.528. The number of hydrogen-bond acceptors (Lipinski definition) is 3. The van der Waals surface area contributed by atoms with Gasteiger partial charge in [-0.25, -0.2) is 0 Å². The molecule has 0 bridgehead atoms. The summed E-state index contributed by atoms with van der Waals surface area (Å²) in [6.45, 7) is 2.34. The third-order valence-electron chi connectivity index (χ3n) is 1.43. The summed E-state index contributed by atoms with van der Waals surface area (Å²) in [6, 6.07) is 1.81. The Morgan fingerprint density at radius 1 is 1.70 bits per heavy atom. The fraction of sp³-hybridized carbons (Fsp3) is 0.429. The Kier molecular flexibility index (Phi) is 2.09. The Bertz CT molecular complexity index is 207. The van der Waals surface area contributed by atoms with Crippen LogP contribution in [-0.2, 0) is 0 Å². The van der Waals surface area contributed by atoms with Gasteiger partial charge < -0.3 is 15.9 Å². The molecule has 0 aliphatic heterocycles. The zero-order chi connectivity index (χ0) is 7.56. The number of aryl methyl sites for hydroxylation is 1. The number of rotatable bonds is 2. The third-order valence-corrected chi connectivity index (χ3v) is 1.43. The van der Waals surface area contributed by atoms with Gasteiger partial charge in [0.2, 0.25) is 0 Å². The molecule has 0 aliphatic carbocycles. The van der Waals surface area contributed by atoms with Crippen LogP contribution in [0.4, 0.5) is 0 Å². The summed E-state index contributed by atoms with van der Waals surface area (Å²) < 4.78 is 5.05. The molecule has 0 amide bonds. The van der Waals surface area contributed by atoms with Crippen molar-refractivity contribution < 1.29 is 4.42 Å². The quantitative estimate of drug-likeness (QED) is 0.630. The van der Waals surface area contributed by atoms with Gasteiger partial charge in [-0.3, -0.25) is 0 Å². The van der Waals surface area contributed by atoms with Crippen LogP contribution in [0.5, 0.6) is 0 Å². The highest BCUT2D eigenvalue weighted by atomic mass is 16.3. The summed E-state index contributed by atoms with van der Waals surface area (Å²) in [6.07, 6.45) is 1.65. The highest BCUT2D eigenvalue weighted by Gasteiger charge is 2.04. The van der Waals surface area contributed by atoms with Crippen LogP contribution in [0.1, 0.15) is 17.4 Å². The molecule has 0 saturated heterocycles. The largest absolute Gasteiger partial charge is 0.469 e. The SMILES string of the molecule is Cc1cc(C(N)CN)co1. The normalized spacial score (nSPS) is 13.5. The minimum absolute atomic E-state index is 0.0857. The van der Waals surface area contributed by atoms with Gasteiger partial charge in [-0.05, 0) is 13.0 Å². The first-order chi connectivity index (χ1) is 4.74. The summed E-state index contributed by atoms with van der Waals surface area (Å²) >= 11 is 0. The van der Waals surface area contributed by atoms with E-state index in [1.807, 2.05) is 13.0 Å². The van der Waals surface area contributed by atoms with Crippen molar-refractivity contribution in [2.45, 2.75) is 13.0 Å². The van der Waals surface area contributed by atoms with Crippen LogP contribution >= 0.6 is 0 Å². The molecule has 3 nitrogen and oxygen atoms in total. The monoisotopic (exact) mass is 140 g/mol. The maximum Gasteiger partial charge on any atom is 0.101 e. The van der Waals surface area contributed by atoms with E-state index in [2.05, 4.69) is 0 Å². The highest BCUT2D eigenvalue weighted by molar-refractivity contribution is 5.15. The molecule has 1 atom stereocenters. The van der Waals surface area contributed by atoms with Crippen molar-refractivity contribution in [3.63, 3.8) is 0 Å². The van der Waals surface area contributed by atoms with E-state index in [-0.39, 0.29) is 6.04 Å². The van der Waals surface area contributed by atoms with Gasteiger partial charge in [0.1, 0.15) is 5.76 Å². The first-order valence-electron chi connectivity index (χ1n) is 3.24. The van der Waals surface area contributed by atoms with Crippen LogP contribution < -0.4 is 11.5 Å². The molecule has 3 heteroatoms. The molecule has 0 saturated carbocycles. The van der Waals surface area contributed by atoms with Gasteiger partial charge in [0.05, 0.1) is 6.26 Å². The summed E-state index contributed by atoms with van der Waals surface area (Å²) in [5.74, 6) is 0.874. The Hall–Kier alpha value is -0.800. The first-order valence-corrected chi connectivity index (χ1v) is 3.24. The molecule has 0 aliphatic rings. The second-order valence-corrected chi connectivity index (χ2v) is 2.33. The Balaban J connectivity index is 2.74. The number of furan rings is 1. The van der Waals surface area contributed by atoms with Crippen LogP contribution in [0, 0.1) is 6.92 Å². The van der Waals surface area contributed by atoms with Gasteiger partial charge in [0.15, 0.2) is 0 Å². The molecule has 56 valence electrons. The van der Waals surface area contributed by atoms with E-state index in [0.717, 1.165) is 11.3 Å². The molecule has 1 heterocycles. The average molecular weight is 140 g/mol. The molecule has 0 radical (unpaired) electrons. The number of hydrogen-bond donors (Lipinski definition) is 2. The molecular weight excluding hydrogens is 128 g/mol. The van der Waals surface area contributed by atoms with Crippen molar-refractivity contribution in [3.05, 3.63) is 23.7 Å². The third kappa shape index (κ3) is 1.37. The minimum Gasteiger partial charge on any atom is -0.469 e. The summed E-state index contributed by atoms with van der Waals surface area (Å²) in [5, 5.41) is 0. The lowest BCUT2D eigenvalue weighted by atomic mass is 10.1. The predicted molar refractivity (Wildman–Crippen MR) is 39.4 cm³/mol. The molecular formula is C7H12N2O. The van der Waals surface area contributed by atoms with E-state index >= 15 is 0 Å². The van der Waals surface area contributed by atoms with Gasteiger partial charge in [-0.1, -0.05) is 0 Å². The minimum atomic E-state index is -0.0857. The van der Waals surface area contributed by atoms with E-state index in [4.69, 9.17) is 15.9 Å². The average Bonchev–Trinajstić information content (AvgIpc) is 2.34. The highest BCUT2D eigenvalue weighted by Crippen LogP contribution is 2.12. The molecule has 0 spiro atoms. The first kappa shape index (κ1) is 7.31.